The first kappa shape index (κ1) is 18.8. The van der Waals surface area contributed by atoms with E-state index in [1.807, 2.05) is 19.1 Å². The first-order chi connectivity index (χ1) is 13.0. The average molecular weight is 368 g/mol. The van der Waals surface area contributed by atoms with Crippen LogP contribution < -0.4 is 4.90 Å². The average Bonchev–Trinajstić information content (AvgIpc) is 3.19. The third-order valence-electron chi connectivity index (χ3n) is 4.59. The molecule has 7 nitrogen and oxygen atoms in total. The van der Waals surface area contributed by atoms with Crippen LogP contribution in [0.3, 0.4) is 0 Å². The Morgan fingerprint density at radius 2 is 2.07 bits per heavy atom. The highest BCUT2D eigenvalue weighted by atomic mass is 16.5. The Hall–Kier alpha value is -2.96. The molecule has 0 saturated carbocycles. The first-order valence-corrected chi connectivity index (χ1v) is 9.18. The van der Waals surface area contributed by atoms with E-state index in [9.17, 15) is 4.79 Å². The van der Waals surface area contributed by atoms with E-state index in [0.29, 0.717) is 11.7 Å². The number of aromatic nitrogens is 3. The lowest BCUT2D eigenvalue weighted by Gasteiger charge is -2.27. The predicted molar refractivity (Wildman–Crippen MR) is 103 cm³/mol. The Morgan fingerprint density at radius 1 is 1.30 bits per heavy atom. The van der Waals surface area contributed by atoms with E-state index in [-0.39, 0.29) is 0 Å². The van der Waals surface area contributed by atoms with Gasteiger partial charge in [0, 0.05) is 19.3 Å². The fourth-order valence-corrected chi connectivity index (χ4v) is 2.85. The highest BCUT2D eigenvalue weighted by molar-refractivity contribution is 5.72. The number of aliphatic carboxylic acids is 1. The molecule has 0 amide bonds. The van der Waals surface area contributed by atoms with Gasteiger partial charge in [0.05, 0.1) is 11.5 Å². The van der Waals surface area contributed by atoms with Gasteiger partial charge >= 0.3 is 5.97 Å². The van der Waals surface area contributed by atoms with E-state index in [1.165, 1.54) is 19.3 Å². The number of piperidine rings is 1. The van der Waals surface area contributed by atoms with Gasteiger partial charge in [-0.05, 0) is 50.8 Å². The van der Waals surface area contributed by atoms with Crippen LogP contribution in [0.25, 0.3) is 17.0 Å². The van der Waals surface area contributed by atoms with Crippen molar-refractivity contribution < 1.29 is 14.4 Å². The zero-order valence-electron chi connectivity index (χ0n) is 15.6. The summed E-state index contributed by atoms with van der Waals surface area (Å²) >= 11 is 0. The zero-order valence-corrected chi connectivity index (χ0v) is 15.6. The molecule has 0 bridgehead atoms. The van der Waals surface area contributed by atoms with Crippen LogP contribution in [-0.2, 0) is 4.79 Å². The monoisotopic (exact) mass is 368 g/mol. The van der Waals surface area contributed by atoms with Crippen molar-refractivity contribution in [2.24, 2.45) is 5.92 Å². The van der Waals surface area contributed by atoms with Crippen LogP contribution in [0, 0.1) is 5.92 Å². The second kappa shape index (κ2) is 8.62. The molecule has 1 unspecified atom stereocenters. The van der Waals surface area contributed by atoms with E-state index in [0.717, 1.165) is 30.0 Å². The molecule has 1 aliphatic heterocycles. The summed E-state index contributed by atoms with van der Waals surface area (Å²) in [5.74, 6) is 0.460. The van der Waals surface area contributed by atoms with Crippen molar-refractivity contribution in [1.29, 1.82) is 0 Å². The minimum absolute atomic E-state index is 0.415. The topological polar surface area (TPSA) is 92.3 Å². The van der Waals surface area contributed by atoms with Crippen LogP contribution in [0.5, 0.6) is 0 Å². The third-order valence-corrected chi connectivity index (χ3v) is 4.59. The summed E-state index contributed by atoms with van der Waals surface area (Å²) in [7, 11) is 0. The Morgan fingerprint density at radius 3 is 2.74 bits per heavy atom. The molecule has 0 radical (unpaired) electrons. The first-order valence-electron chi connectivity index (χ1n) is 9.18. The number of hydrogen-bond donors (Lipinski definition) is 1. The fraction of sp³-hybridized carbons (Fsp3) is 0.400. The second-order valence-corrected chi connectivity index (χ2v) is 6.74. The van der Waals surface area contributed by atoms with Crippen LogP contribution in [0.1, 0.15) is 38.9 Å². The SMILES string of the molecule is C/C(=C\C=C/C(C)C(=O)O)c1noc(-c2ccc(N3CCCCC3)nc2)n1. The number of carbonyl (C=O) groups is 1. The second-order valence-electron chi connectivity index (χ2n) is 6.74. The van der Waals surface area contributed by atoms with Gasteiger partial charge in [-0.15, -0.1) is 0 Å². The van der Waals surface area contributed by atoms with Crippen molar-refractivity contribution >= 4 is 17.4 Å². The summed E-state index contributed by atoms with van der Waals surface area (Å²) < 4.78 is 5.35. The van der Waals surface area contributed by atoms with E-state index < -0.39 is 11.9 Å². The van der Waals surface area contributed by atoms with Crippen LogP contribution >= 0.6 is 0 Å². The van der Waals surface area contributed by atoms with Crippen molar-refractivity contribution in [1.82, 2.24) is 15.1 Å². The molecule has 27 heavy (non-hydrogen) atoms. The lowest BCUT2D eigenvalue weighted by atomic mass is 10.1. The third kappa shape index (κ3) is 4.81. The Bertz CT molecular complexity index is 833. The van der Waals surface area contributed by atoms with E-state index in [2.05, 4.69) is 20.0 Å². The summed E-state index contributed by atoms with van der Waals surface area (Å²) in [5, 5.41) is 12.9. The number of carboxylic acids is 1. The molecular weight excluding hydrogens is 344 g/mol. The quantitative estimate of drug-likeness (QED) is 0.775. The minimum Gasteiger partial charge on any atom is -0.481 e. The maximum absolute atomic E-state index is 10.8. The van der Waals surface area contributed by atoms with Crippen LogP contribution in [-0.4, -0.2) is 39.3 Å². The molecule has 2 aromatic heterocycles. The number of pyridine rings is 1. The van der Waals surface area contributed by atoms with Crippen LogP contribution in [0.4, 0.5) is 5.82 Å². The predicted octanol–water partition coefficient (Wildman–Crippen LogP) is 3.80. The molecule has 1 saturated heterocycles. The molecule has 1 fully saturated rings. The summed E-state index contributed by atoms with van der Waals surface area (Å²) in [6, 6.07) is 3.94. The van der Waals surface area contributed by atoms with Gasteiger partial charge in [-0.2, -0.15) is 4.98 Å². The maximum atomic E-state index is 10.8. The Balaban J connectivity index is 1.68. The molecular formula is C20H24N4O3. The highest BCUT2D eigenvalue weighted by Crippen LogP contribution is 2.23. The number of rotatable bonds is 6. The number of carboxylic acid groups (broad SMARTS) is 1. The molecule has 1 aliphatic rings. The van der Waals surface area contributed by atoms with Gasteiger partial charge in [-0.1, -0.05) is 23.4 Å². The number of hydrogen-bond acceptors (Lipinski definition) is 6. The number of anilines is 1. The summed E-state index contributed by atoms with van der Waals surface area (Å²) in [5.41, 5.74) is 1.56. The van der Waals surface area contributed by atoms with Gasteiger partial charge in [-0.3, -0.25) is 4.79 Å². The Labute approximate surface area is 158 Å². The molecule has 142 valence electrons. The van der Waals surface area contributed by atoms with Gasteiger partial charge in [0.15, 0.2) is 5.82 Å². The summed E-state index contributed by atoms with van der Waals surface area (Å²) in [6.45, 7) is 5.57. The van der Waals surface area contributed by atoms with Crippen LogP contribution in [0.2, 0.25) is 0 Å². The molecule has 2 aromatic rings. The van der Waals surface area contributed by atoms with Crippen molar-refractivity contribution in [3.05, 3.63) is 42.4 Å². The molecule has 0 aliphatic carbocycles. The zero-order chi connectivity index (χ0) is 19.2. The molecule has 3 heterocycles. The van der Waals surface area contributed by atoms with Gasteiger partial charge in [0.25, 0.3) is 5.89 Å². The van der Waals surface area contributed by atoms with E-state index in [4.69, 9.17) is 9.63 Å². The van der Waals surface area contributed by atoms with Gasteiger partial charge in [-0.25, -0.2) is 4.98 Å². The summed E-state index contributed by atoms with van der Waals surface area (Å²) in [4.78, 5) is 22.0. The Kier molecular flexibility index (Phi) is 6.01. The van der Waals surface area contributed by atoms with Crippen molar-refractivity contribution in [2.45, 2.75) is 33.1 Å². The highest BCUT2D eigenvalue weighted by Gasteiger charge is 2.14. The molecule has 7 heteroatoms. The van der Waals surface area contributed by atoms with Gasteiger partial charge in [0.1, 0.15) is 5.82 Å². The normalized spacial score (nSPS) is 16.7. The van der Waals surface area contributed by atoms with Gasteiger partial charge in [0.2, 0.25) is 0 Å². The standard InChI is InChI=1S/C20H24N4O3/c1-14(7-6-8-15(2)20(25)26)18-22-19(27-23-18)16-9-10-17(21-13-16)24-11-4-3-5-12-24/h6-10,13,15H,3-5,11-12H2,1-2H3,(H,25,26)/b8-6-,14-7+. The van der Waals surface area contributed by atoms with Crippen molar-refractivity contribution in [3.8, 4) is 11.5 Å². The molecule has 0 aromatic carbocycles. The van der Waals surface area contributed by atoms with Crippen molar-refractivity contribution in [3.63, 3.8) is 0 Å². The molecule has 0 spiro atoms. The van der Waals surface area contributed by atoms with E-state index >= 15 is 0 Å². The number of allylic oxidation sites excluding steroid dienone is 3. The summed E-state index contributed by atoms with van der Waals surface area (Å²) in [6.07, 6.45) is 10.5. The molecule has 1 N–H and O–H groups in total. The lowest BCUT2D eigenvalue weighted by Crippen LogP contribution is -2.29. The molecule has 1 atom stereocenters. The smallest absolute Gasteiger partial charge is 0.310 e. The fourth-order valence-electron chi connectivity index (χ4n) is 2.85. The maximum Gasteiger partial charge on any atom is 0.310 e. The lowest BCUT2D eigenvalue weighted by molar-refractivity contribution is -0.139. The van der Waals surface area contributed by atoms with Crippen molar-refractivity contribution in [2.75, 3.05) is 18.0 Å². The minimum atomic E-state index is -0.861. The number of nitrogens with zero attached hydrogens (tertiary/aromatic N) is 4. The van der Waals surface area contributed by atoms with Gasteiger partial charge < -0.3 is 14.5 Å². The largest absolute Gasteiger partial charge is 0.481 e. The van der Waals surface area contributed by atoms with E-state index in [1.54, 1.807) is 31.3 Å². The van der Waals surface area contributed by atoms with Crippen LogP contribution in [0.15, 0.2) is 41.1 Å². The molecule has 3 rings (SSSR count).